The molecule has 0 aliphatic carbocycles. The second-order valence-corrected chi connectivity index (χ2v) is 11.1. The minimum absolute atomic E-state index is 0.0160. The summed E-state index contributed by atoms with van der Waals surface area (Å²) in [6.07, 6.45) is 2.58. The lowest BCUT2D eigenvalue weighted by Crippen LogP contribution is -2.66. The van der Waals surface area contributed by atoms with Crippen LogP contribution < -0.4 is 15.4 Å². The number of aromatic hydroxyl groups is 1. The molecule has 2 aliphatic rings. The number of phenols is 1. The van der Waals surface area contributed by atoms with Gasteiger partial charge in [0, 0.05) is 25.0 Å². The van der Waals surface area contributed by atoms with Gasteiger partial charge in [0.15, 0.2) is 5.65 Å². The number of hydrogen-bond donors (Lipinski definition) is 1. The lowest BCUT2D eigenvalue weighted by atomic mass is 9.97. The van der Waals surface area contributed by atoms with Crippen LogP contribution in [-0.2, 0) is 9.59 Å². The fraction of sp³-hybridized carbons (Fsp3) is 0.267. The largest absolute Gasteiger partial charge is 0.507 e. The molecule has 0 unspecified atom stereocenters. The lowest BCUT2D eigenvalue weighted by Gasteiger charge is -2.50. The number of aryl methyl sites for hydroxylation is 2. The number of amides is 2. The van der Waals surface area contributed by atoms with Crippen molar-refractivity contribution in [1.82, 2.24) is 24.4 Å². The van der Waals surface area contributed by atoms with Crippen LogP contribution in [0.25, 0.3) is 28.0 Å². The van der Waals surface area contributed by atoms with Gasteiger partial charge in [-0.1, -0.05) is 24.2 Å². The van der Waals surface area contributed by atoms with Gasteiger partial charge in [-0.3, -0.25) is 19.0 Å². The highest BCUT2D eigenvalue weighted by Crippen LogP contribution is 2.45. The Morgan fingerprint density at radius 3 is 2.49 bits per heavy atom. The van der Waals surface area contributed by atoms with E-state index in [-0.39, 0.29) is 58.3 Å². The highest BCUT2D eigenvalue weighted by molar-refractivity contribution is 6.34. The van der Waals surface area contributed by atoms with E-state index < -0.39 is 23.5 Å². The first kappa shape index (κ1) is 28.3. The minimum Gasteiger partial charge on any atom is -0.507 e. The minimum atomic E-state index is -0.804. The summed E-state index contributed by atoms with van der Waals surface area (Å²) in [7, 11) is 1.51. The summed E-state index contributed by atoms with van der Waals surface area (Å²) in [5, 5.41) is 11.0. The van der Waals surface area contributed by atoms with Crippen LogP contribution in [-0.4, -0.2) is 73.6 Å². The smallest absolute Gasteiger partial charge is 0.283 e. The van der Waals surface area contributed by atoms with E-state index in [1.54, 1.807) is 24.8 Å². The van der Waals surface area contributed by atoms with Crippen molar-refractivity contribution in [2.24, 2.45) is 0 Å². The van der Waals surface area contributed by atoms with Gasteiger partial charge in [-0.15, -0.1) is 0 Å². The maximum Gasteiger partial charge on any atom is 0.283 e. The van der Waals surface area contributed by atoms with Gasteiger partial charge in [-0.25, -0.2) is 19.3 Å². The second-order valence-electron chi connectivity index (χ2n) is 10.7. The standard InChI is InChI=1S/C30H27ClFN7O4/c1-6-22(41)37-11-14(2)38-20(12-37)29(42)36(5)27-26(38)17-10-18(31)24(23-19(32)8-7-9-21(23)40)35-28(17)39(30(27)43)25-15(3)33-13-34-16(25)4/h6-10,13-14,20,40H,1,11-12H2,2-5H3/t14-,20-/m1/s1. The van der Waals surface area contributed by atoms with E-state index in [0.29, 0.717) is 28.1 Å². The maximum absolute atomic E-state index is 15.1. The number of fused-ring (bicyclic) bond motifs is 5. The number of likely N-dealkylation sites (N-methyl/N-ethyl adjacent to an activating group) is 1. The topological polar surface area (TPSA) is 125 Å². The first-order chi connectivity index (χ1) is 20.5. The Labute approximate surface area is 250 Å². The molecule has 2 aliphatic heterocycles. The van der Waals surface area contributed by atoms with Crippen LogP contribution in [0.15, 0.2) is 48.0 Å². The molecule has 5 heterocycles. The summed E-state index contributed by atoms with van der Waals surface area (Å²) in [6, 6.07) is 4.21. The Morgan fingerprint density at radius 2 is 1.84 bits per heavy atom. The summed E-state index contributed by atoms with van der Waals surface area (Å²) in [6.45, 7) is 9.21. The highest BCUT2D eigenvalue weighted by atomic mass is 35.5. The molecular weight excluding hydrogens is 577 g/mol. The van der Waals surface area contributed by atoms with Crippen molar-refractivity contribution in [2.75, 3.05) is 29.9 Å². The van der Waals surface area contributed by atoms with Gasteiger partial charge in [-0.2, -0.15) is 0 Å². The number of anilines is 2. The fourth-order valence-corrected chi connectivity index (χ4v) is 6.41. The van der Waals surface area contributed by atoms with Crippen LogP contribution in [0.2, 0.25) is 5.02 Å². The Morgan fingerprint density at radius 1 is 1.14 bits per heavy atom. The molecule has 220 valence electrons. The average molecular weight is 604 g/mol. The van der Waals surface area contributed by atoms with Crippen molar-refractivity contribution in [3.05, 3.63) is 75.8 Å². The molecule has 1 aromatic carbocycles. The number of hydrogen-bond acceptors (Lipinski definition) is 8. The van der Waals surface area contributed by atoms with E-state index in [1.165, 1.54) is 47.1 Å². The molecule has 4 aromatic rings. The van der Waals surface area contributed by atoms with Crippen molar-refractivity contribution >= 4 is 45.8 Å². The van der Waals surface area contributed by atoms with Gasteiger partial charge in [-0.05, 0) is 45.0 Å². The quantitative estimate of drug-likeness (QED) is 0.353. The van der Waals surface area contributed by atoms with E-state index in [0.717, 1.165) is 0 Å². The number of piperazine rings is 1. The van der Waals surface area contributed by atoms with Crippen molar-refractivity contribution in [3.63, 3.8) is 0 Å². The summed E-state index contributed by atoms with van der Waals surface area (Å²) in [4.78, 5) is 58.9. The molecule has 0 saturated carbocycles. The van der Waals surface area contributed by atoms with E-state index in [2.05, 4.69) is 16.5 Å². The zero-order valence-corrected chi connectivity index (χ0v) is 24.6. The molecule has 11 nitrogen and oxygen atoms in total. The number of pyridine rings is 2. The van der Waals surface area contributed by atoms with Gasteiger partial charge < -0.3 is 19.8 Å². The molecule has 6 rings (SSSR count). The first-order valence-corrected chi connectivity index (χ1v) is 13.9. The Kier molecular flexibility index (Phi) is 6.68. The van der Waals surface area contributed by atoms with Crippen molar-refractivity contribution in [2.45, 2.75) is 32.9 Å². The summed E-state index contributed by atoms with van der Waals surface area (Å²) < 4.78 is 16.4. The fourth-order valence-electron chi connectivity index (χ4n) is 6.16. The number of carbonyl (C=O) groups excluding carboxylic acids is 2. The molecule has 43 heavy (non-hydrogen) atoms. The highest BCUT2D eigenvalue weighted by Gasteiger charge is 2.46. The number of carbonyl (C=O) groups is 2. The molecule has 2 amide bonds. The van der Waals surface area contributed by atoms with Crippen molar-refractivity contribution < 1.29 is 19.1 Å². The molecular formula is C30H27ClFN7O4. The number of phenolic OH excluding ortho intramolecular Hbond substituents is 1. The third-order valence-corrected chi connectivity index (χ3v) is 8.37. The molecule has 3 aromatic heterocycles. The average Bonchev–Trinajstić information content (AvgIpc) is 2.96. The Balaban J connectivity index is 1.75. The van der Waals surface area contributed by atoms with Crippen LogP contribution in [0.4, 0.5) is 15.8 Å². The number of aromatic nitrogens is 4. The third kappa shape index (κ3) is 4.15. The van der Waals surface area contributed by atoms with Crippen LogP contribution in [0.5, 0.6) is 5.75 Å². The third-order valence-electron chi connectivity index (χ3n) is 8.08. The van der Waals surface area contributed by atoms with Gasteiger partial charge in [0.25, 0.3) is 11.5 Å². The van der Waals surface area contributed by atoms with E-state index in [9.17, 15) is 19.5 Å². The number of benzene rings is 1. The molecule has 0 spiro atoms. The second kappa shape index (κ2) is 10.2. The lowest BCUT2D eigenvalue weighted by molar-refractivity contribution is -0.129. The number of rotatable bonds is 3. The van der Waals surface area contributed by atoms with E-state index in [1.807, 2.05) is 11.8 Å². The Hall–Kier alpha value is -4.84. The molecule has 0 radical (unpaired) electrons. The summed E-state index contributed by atoms with van der Waals surface area (Å²) in [5.74, 6) is -1.80. The maximum atomic E-state index is 15.1. The van der Waals surface area contributed by atoms with Gasteiger partial charge in [0.2, 0.25) is 5.91 Å². The Bertz CT molecular complexity index is 1900. The van der Waals surface area contributed by atoms with E-state index >= 15 is 4.39 Å². The zero-order chi connectivity index (χ0) is 30.9. The summed E-state index contributed by atoms with van der Waals surface area (Å²) in [5.41, 5.74) is 1.01. The van der Waals surface area contributed by atoms with E-state index in [4.69, 9.17) is 16.6 Å². The van der Waals surface area contributed by atoms with Crippen molar-refractivity contribution in [1.29, 1.82) is 0 Å². The van der Waals surface area contributed by atoms with Crippen LogP contribution in [0.1, 0.15) is 18.3 Å². The van der Waals surface area contributed by atoms with Gasteiger partial charge in [0.05, 0.1) is 45.6 Å². The van der Waals surface area contributed by atoms with Crippen LogP contribution in [0, 0.1) is 19.7 Å². The van der Waals surface area contributed by atoms with Crippen LogP contribution >= 0.6 is 11.6 Å². The SMILES string of the molecule is C=CC(=O)N1C[C@@H](C)N2c3c(c(=O)n(-c4c(C)ncnc4C)c4nc(-c5c(O)cccc5F)c(Cl)cc34)N(C)C(=O)[C@H]2C1. The predicted molar refractivity (Wildman–Crippen MR) is 160 cm³/mol. The van der Waals surface area contributed by atoms with Gasteiger partial charge in [0.1, 0.15) is 29.6 Å². The monoisotopic (exact) mass is 603 g/mol. The number of halogens is 2. The molecule has 1 fully saturated rings. The first-order valence-electron chi connectivity index (χ1n) is 13.5. The van der Waals surface area contributed by atoms with Crippen molar-refractivity contribution in [3.8, 4) is 22.7 Å². The molecule has 0 bridgehead atoms. The molecule has 1 N–H and O–H groups in total. The molecule has 1 saturated heterocycles. The summed E-state index contributed by atoms with van der Waals surface area (Å²) >= 11 is 6.77. The molecule has 13 heteroatoms. The normalized spacial score (nSPS) is 18.1. The zero-order valence-electron chi connectivity index (χ0n) is 23.8. The van der Waals surface area contributed by atoms with Crippen LogP contribution in [0.3, 0.4) is 0 Å². The number of nitrogens with zero attached hydrogens (tertiary/aromatic N) is 7. The van der Waals surface area contributed by atoms with Gasteiger partial charge >= 0.3 is 0 Å². The molecule has 2 atom stereocenters. The predicted octanol–water partition coefficient (Wildman–Crippen LogP) is 3.53.